The van der Waals surface area contributed by atoms with Crippen molar-refractivity contribution in [2.75, 3.05) is 37.6 Å². The number of carboxylic acid groups (broad SMARTS) is 1. The summed E-state index contributed by atoms with van der Waals surface area (Å²) in [7, 11) is 0. The molecular formula is C12H16N4O4. The molecule has 8 heteroatoms. The van der Waals surface area contributed by atoms with Gasteiger partial charge >= 0.3 is 5.97 Å². The van der Waals surface area contributed by atoms with Gasteiger partial charge in [-0.3, -0.25) is 19.8 Å². The van der Waals surface area contributed by atoms with Gasteiger partial charge < -0.3 is 10.0 Å². The van der Waals surface area contributed by atoms with Crippen LogP contribution in [0.1, 0.15) is 6.42 Å². The van der Waals surface area contributed by atoms with Crippen molar-refractivity contribution in [3.63, 3.8) is 0 Å². The predicted octanol–water partition coefficient (Wildman–Crippen LogP) is 0.586. The summed E-state index contributed by atoms with van der Waals surface area (Å²) in [5, 5.41) is 19.4. The third-order valence-electron chi connectivity index (χ3n) is 3.21. The van der Waals surface area contributed by atoms with E-state index in [0.29, 0.717) is 18.9 Å². The summed E-state index contributed by atoms with van der Waals surface area (Å²) in [6, 6.07) is 3.06. The first-order chi connectivity index (χ1) is 9.56. The van der Waals surface area contributed by atoms with Crippen LogP contribution in [0.2, 0.25) is 0 Å². The second kappa shape index (κ2) is 6.29. The maximum absolute atomic E-state index is 10.7. The highest BCUT2D eigenvalue weighted by atomic mass is 16.6. The zero-order valence-corrected chi connectivity index (χ0v) is 10.9. The van der Waals surface area contributed by atoms with Crippen LogP contribution in [0, 0.1) is 10.1 Å². The molecule has 0 aliphatic carbocycles. The maximum Gasteiger partial charge on any atom is 0.317 e. The van der Waals surface area contributed by atoms with Crippen LogP contribution in [-0.4, -0.2) is 58.6 Å². The molecular weight excluding hydrogens is 264 g/mol. The largest absolute Gasteiger partial charge is 0.480 e. The number of hydrogen-bond acceptors (Lipinski definition) is 6. The fourth-order valence-corrected chi connectivity index (χ4v) is 2.22. The van der Waals surface area contributed by atoms with Gasteiger partial charge in [0, 0.05) is 32.2 Å². The normalized spacial score (nSPS) is 16.7. The number of pyridine rings is 1. The van der Waals surface area contributed by atoms with E-state index in [9.17, 15) is 14.9 Å². The van der Waals surface area contributed by atoms with Crippen molar-refractivity contribution in [3.05, 3.63) is 28.4 Å². The molecule has 1 saturated heterocycles. The van der Waals surface area contributed by atoms with Crippen LogP contribution in [0.3, 0.4) is 0 Å². The van der Waals surface area contributed by atoms with Gasteiger partial charge in [0.25, 0.3) is 5.69 Å². The van der Waals surface area contributed by atoms with Crippen molar-refractivity contribution in [1.29, 1.82) is 0 Å². The van der Waals surface area contributed by atoms with Crippen molar-refractivity contribution in [2.24, 2.45) is 0 Å². The molecule has 1 aliphatic heterocycles. The van der Waals surface area contributed by atoms with Gasteiger partial charge in [0.1, 0.15) is 12.0 Å². The lowest BCUT2D eigenvalue weighted by atomic mass is 10.3. The predicted molar refractivity (Wildman–Crippen MR) is 71.8 cm³/mol. The minimum absolute atomic E-state index is 0.0314. The monoisotopic (exact) mass is 280 g/mol. The highest BCUT2D eigenvalue weighted by molar-refractivity contribution is 5.69. The number of anilines is 1. The lowest BCUT2D eigenvalue weighted by Crippen LogP contribution is -2.34. The maximum atomic E-state index is 10.7. The van der Waals surface area contributed by atoms with Crippen molar-refractivity contribution in [3.8, 4) is 0 Å². The molecule has 0 saturated carbocycles. The molecule has 20 heavy (non-hydrogen) atoms. The molecule has 1 aromatic rings. The van der Waals surface area contributed by atoms with Crippen LogP contribution >= 0.6 is 0 Å². The van der Waals surface area contributed by atoms with E-state index in [0.717, 1.165) is 19.5 Å². The Balaban J connectivity index is 1.99. The molecule has 0 bridgehead atoms. The SMILES string of the molecule is O=C(O)CN1CCCN(c2ccc([N+](=O)[O-])cn2)CC1. The van der Waals surface area contributed by atoms with Gasteiger partial charge in [0.15, 0.2) is 0 Å². The summed E-state index contributed by atoms with van der Waals surface area (Å²) >= 11 is 0. The van der Waals surface area contributed by atoms with E-state index in [1.54, 1.807) is 6.07 Å². The second-order valence-electron chi connectivity index (χ2n) is 4.64. The number of aromatic nitrogens is 1. The van der Waals surface area contributed by atoms with Crippen LogP contribution in [-0.2, 0) is 4.79 Å². The molecule has 0 aromatic carbocycles. The quantitative estimate of drug-likeness (QED) is 0.636. The molecule has 108 valence electrons. The van der Waals surface area contributed by atoms with Crippen molar-refractivity contribution in [1.82, 2.24) is 9.88 Å². The molecule has 2 rings (SSSR count). The van der Waals surface area contributed by atoms with Crippen LogP contribution in [0.25, 0.3) is 0 Å². The third-order valence-corrected chi connectivity index (χ3v) is 3.21. The van der Waals surface area contributed by atoms with Crippen molar-refractivity contribution >= 4 is 17.5 Å². The van der Waals surface area contributed by atoms with E-state index in [2.05, 4.69) is 4.98 Å². The Hall–Kier alpha value is -2.22. The highest BCUT2D eigenvalue weighted by Gasteiger charge is 2.18. The Labute approximate surface area is 115 Å². The van der Waals surface area contributed by atoms with Gasteiger partial charge in [-0.05, 0) is 12.5 Å². The van der Waals surface area contributed by atoms with Crippen LogP contribution < -0.4 is 4.90 Å². The van der Waals surface area contributed by atoms with Gasteiger partial charge in [-0.25, -0.2) is 4.98 Å². The van der Waals surface area contributed by atoms with Gasteiger partial charge in [0.2, 0.25) is 0 Å². The van der Waals surface area contributed by atoms with Gasteiger partial charge in [-0.2, -0.15) is 0 Å². The smallest absolute Gasteiger partial charge is 0.317 e. The van der Waals surface area contributed by atoms with E-state index in [1.807, 2.05) is 9.80 Å². The molecule has 0 radical (unpaired) electrons. The average Bonchev–Trinajstić information content (AvgIpc) is 2.64. The Morgan fingerprint density at radius 2 is 2.15 bits per heavy atom. The highest BCUT2D eigenvalue weighted by Crippen LogP contribution is 2.17. The van der Waals surface area contributed by atoms with Gasteiger partial charge in [-0.1, -0.05) is 0 Å². The molecule has 0 amide bonds. The molecule has 0 atom stereocenters. The summed E-state index contributed by atoms with van der Waals surface area (Å²) < 4.78 is 0. The van der Waals surface area contributed by atoms with Crippen LogP contribution in [0.4, 0.5) is 11.5 Å². The minimum atomic E-state index is -0.827. The number of hydrogen-bond donors (Lipinski definition) is 1. The second-order valence-corrected chi connectivity index (χ2v) is 4.64. The van der Waals surface area contributed by atoms with E-state index in [1.165, 1.54) is 12.3 Å². The van der Waals surface area contributed by atoms with E-state index < -0.39 is 10.9 Å². The summed E-state index contributed by atoms with van der Waals surface area (Å²) in [6.07, 6.45) is 2.08. The fraction of sp³-hybridized carbons (Fsp3) is 0.500. The first-order valence-corrected chi connectivity index (χ1v) is 6.36. The number of carbonyl (C=O) groups is 1. The average molecular weight is 280 g/mol. The van der Waals surface area contributed by atoms with Crippen molar-refractivity contribution < 1.29 is 14.8 Å². The molecule has 0 unspecified atom stereocenters. The van der Waals surface area contributed by atoms with Crippen LogP contribution in [0.5, 0.6) is 0 Å². The lowest BCUT2D eigenvalue weighted by molar-refractivity contribution is -0.385. The van der Waals surface area contributed by atoms with Gasteiger partial charge in [0.05, 0.1) is 11.5 Å². The number of rotatable bonds is 4. The molecule has 0 spiro atoms. The number of nitrogens with zero attached hydrogens (tertiary/aromatic N) is 4. The topological polar surface area (TPSA) is 99.8 Å². The molecule has 1 N–H and O–H groups in total. The number of carboxylic acids is 1. The van der Waals surface area contributed by atoms with Gasteiger partial charge in [-0.15, -0.1) is 0 Å². The number of nitro groups is 1. The molecule has 2 heterocycles. The van der Waals surface area contributed by atoms with E-state index in [-0.39, 0.29) is 12.2 Å². The Morgan fingerprint density at radius 1 is 1.35 bits per heavy atom. The third kappa shape index (κ3) is 3.64. The number of aliphatic carboxylic acids is 1. The molecule has 1 fully saturated rings. The molecule has 1 aliphatic rings. The summed E-state index contributed by atoms with van der Waals surface area (Å²) in [5.74, 6) is -0.139. The first kappa shape index (κ1) is 14.2. The van der Waals surface area contributed by atoms with E-state index >= 15 is 0 Å². The zero-order chi connectivity index (χ0) is 14.5. The molecule has 1 aromatic heterocycles. The Bertz CT molecular complexity index is 491. The Kier molecular flexibility index (Phi) is 4.46. The van der Waals surface area contributed by atoms with Crippen molar-refractivity contribution in [2.45, 2.75) is 6.42 Å². The fourth-order valence-electron chi connectivity index (χ4n) is 2.22. The summed E-state index contributed by atoms with van der Waals surface area (Å²) in [6.45, 7) is 2.85. The standard InChI is InChI=1S/C12H16N4O4/c17-12(18)9-14-4-1-5-15(7-6-14)11-3-2-10(8-13-11)16(19)20/h2-3,8H,1,4-7,9H2,(H,17,18). The Morgan fingerprint density at radius 3 is 2.75 bits per heavy atom. The summed E-state index contributed by atoms with van der Waals surface area (Å²) in [5.41, 5.74) is -0.0314. The lowest BCUT2D eigenvalue weighted by Gasteiger charge is -2.21. The van der Waals surface area contributed by atoms with E-state index in [4.69, 9.17) is 5.11 Å². The minimum Gasteiger partial charge on any atom is -0.480 e. The van der Waals surface area contributed by atoms with Crippen LogP contribution in [0.15, 0.2) is 18.3 Å². The first-order valence-electron chi connectivity index (χ1n) is 6.36. The summed E-state index contributed by atoms with van der Waals surface area (Å²) in [4.78, 5) is 28.8. The zero-order valence-electron chi connectivity index (χ0n) is 10.9. The molecule has 8 nitrogen and oxygen atoms in total.